The Bertz CT molecular complexity index is 368. The number of esters is 2. The number of rotatable bonds is 6. The first kappa shape index (κ1) is 16.7. The van der Waals surface area contributed by atoms with Gasteiger partial charge in [-0.15, -0.1) is 0 Å². The van der Waals surface area contributed by atoms with E-state index in [0.29, 0.717) is 0 Å². The lowest BCUT2D eigenvalue weighted by Crippen LogP contribution is -2.54. The minimum atomic E-state index is -2.25. The van der Waals surface area contributed by atoms with Gasteiger partial charge in [-0.2, -0.15) is 0 Å². The number of carbonyl (C=O) groups excluding carboxylic acids is 2. The Hall–Kier alpha value is -1.36. The number of aliphatic hydroxyl groups is 1. The van der Waals surface area contributed by atoms with Crippen molar-refractivity contribution >= 4 is 11.9 Å². The van der Waals surface area contributed by atoms with Crippen LogP contribution in [0, 0.1) is 5.92 Å². The summed E-state index contributed by atoms with van der Waals surface area (Å²) >= 11 is 0. The Kier molecular flexibility index (Phi) is 6.20. The van der Waals surface area contributed by atoms with Gasteiger partial charge in [-0.05, 0) is 39.5 Å². The lowest BCUT2D eigenvalue weighted by atomic mass is 9.79. The zero-order valence-corrected chi connectivity index (χ0v) is 12.5. The molecule has 1 aliphatic carbocycles. The molecule has 0 spiro atoms. The molecule has 0 radical (unpaired) electrons. The van der Waals surface area contributed by atoms with E-state index in [1.54, 1.807) is 20.8 Å². The van der Waals surface area contributed by atoms with Crippen LogP contribution >= 0.6 is 0 Å². The summed E-state index contributed by atoms with van der Waals surface area (Å²) < 4.78 is 9.74. The van der Waals surface area contributed by atoms with Gasteiger partial charge in [-0.25, -0.2) is 9.59 Å². The van der Waals surface area contributed by atoms with Gasteiger partial charge < -0.3 is 14.6 Å². The van der Waals surface area contributed by atoms with E-state index in [1.807, 2.05) is 6.08 Å². The van der Waals surface area contributed by atoms with Gasteiger partial charge in [-0.3, -0.25) is 0 Å². The van der Waals surface area contributed by atoms with E-state index in [-0.39, 0.29) is 13.2 Å². The standard InChI is InChI=1S/C15H24O5/c1-4-19-13(16)15(18,14(17)20-5-2)11(3)12-9-7-6-8-10-12/h9,11,18H,4-8,10H2,1-3H3. The summed E-state index contributed by atoms with van der Waals surface area (Å²) in [7, 11) is 0. The normalized spacial score (nSPS) is 17.1. The van der Waals surface area contributed by atoms with Crippen molar-refractivity contribution in [1.29, 1.82) is 0 Å². The van der Waals surface area contributed by atoms with Gasteiger partial charge in [0.15, 0.2) is 0 Å². The molecule has 0 aromatic rings. The van der Waals surface area contributed by atoms with Crippen molar-refractivity contribution in [3.63, 3.8) is 0 Å². The maximum absolute atomic E-state index is 12.1. The van der Waals surface area contributed by atoms with Crippen molar-refractivity contribution in [3.05, 3.63) is 11.6 Å². The van der Waals surface area contributed by atoms with Gasteiger partial charge in [0.2, 0.25) is 0 Å². The van der Waals surface area contributed by atoms with Crippen LogP contribution in [0.4, 0.5) is 0 Å². The fourth-order valence-electron chi connectivity index (χ4n) is 2.44. The molecule has 5 heteroatoms. The Morgan fingerprint density at radius 3 is 2.20 bits per heavy atom. The average Bonchev–Trinajstić information content (AvgIpc) is 2.47. The fraction of sp³-hybridized carbons (Fsp3) is 0.733. The van der Waals surface area contributed by atoms with Crippen molar-refractivity contribution in [1.82, 2.24) is 0 Å². The molecule has 0 saturated carbocycles. The van der Waals surface area contributed by atoms with Crippen molar-refractivity contribution < 1.29 is 24.2 Å². The van der Waals surface area contributed by atoms with Crippen LogP contribution in [0.3, 0.4) is 0 Å². The number of hydrogen-bond donors (Lipinski definition) is 1. The zero-order chi connectivity index (χ0) is 15.2. The van der Waals surface area contributed by atoms with E-state index >= 15 is 0 Å². The maximum Gasteiger partial charge on any atom is 0.350 e. The minimum Gasteiger partial charge on any atom is -0.463 e. The highest BCUT2D eigenvalue weighted by Crippen LogP contribution is 2.33. The molecule has 0 aromatic carbocycles. The summed E-state index contributed by atoms with van der Waals surface area (Å²) in [6.45, 7) is 5.14. The number of ether oxygens (including phenoxy) is 2. The highest BCUT2D eigenvalue weighted by atomic mass is 16.6. The van der Waals surface area contributed by atoms with Crippen LogP contribution in [0.15, 0.2) is 11.6 Å². The summed E-state index contributed by atoms with van der Waals surface area (Å²) in [5, 5.41) is 10.6. The Labute approximate surface area is 119 Å². The molecule has 0 heterocycles. The fourth-order valence-corrected chi connectivity index (χ4v) is 2.44. The lowest BCUT2D eigenvalue weighted by Gasteiger charge is -2.32. The van der Waals surface area contributed by atoms with Gasteiger partial charge in [-0.1, -0.05) is 18.6 Å². The molecular formula is C15H24O5. The molecule has 1 aliphatic rings. The largest absolute Gasteiger partial charge is 0.463 e. The summed E-state index contributed by atoms with van der Waals surface area (Å²) in [5.41, 5.74) is -1.34. The van der Waals surface area contributed by atoms with Crippen LogP contribution < -0.4 is 0 Å². The summed E-state index contributed by atoms with van der Waals surface area (Å²) in [6, 6.07) is 0. The quantitative estimate of drug-likeness (QED) is 0.458. The molecule has 0 aliphatic heterocycles. The summed E-state index contributed by atoms with van der Waals surface area (Å²) in [4.78, 5) is 24.1. The van der Waals surface area contributed by atoms with Crippen LogP contribution in [0.5, 0.6) is 0 Å². The van der Waals surface area contributed by atoms with E-state index in [9.17, 15) is 14.7 Å². The Morgan fingerprint density at radius 1 is 1.25 bits per heavy atom. The van der Waals surface area contributed by atoms with Crippen molar-refractivity contribution in [3.8, 4) is 0 Å². The predicted molar refractivity (Wildman–Crippen MR) is 73.9 cm³/mol. The molecule has 1 atom stereocenters. The van der Waals surface area contributed by atoms with E-state index in [0.717, 1.165) is 31.3 Å². The third-order valence-electron chi connectivity index (χ3n) is 3.68. The van der Waals surface area contributed by atoms with Crippen molar-refractivity contribution in [2.24, 2.45) is 5.92 Å². The Morgan fingerprint density at radius 2 is 1.80 bits per heavy atom. The highest BCUT2D eigenvalue weighted by Gasteiger charge is 2.52. The molecule has 0 fully saturated rings. The van der Waals surface area contributed by atoms with E-state index < -0.39 is 23.5 Å². The lowest BCUT2D eigenvalue weighted by molar-refractivity contribution is -0.188. The first-order valence-corrected chi connectivity index (χ1v) is 7.24. The molecule has 0 amide bonds. The number of allylic oxidation sites excluding steroid dienone is 1. The first-order valence-electron chi connectivity index (χ1n) is 7.24. The van der Waals surface area contributed by atoms with Crippen molar-refractivity contribution in [2.75, 3.05) is 13.2 Å². The van der Waals surface area contributed by atoms with Crippen LogP contribution in [0.1, 0.15) is 46.5 Å². The van der Waals surface area contributed by atoms with Crippen LogP contribution in [-0.4, -0.2) is 35.9 Å². The summed E-state index contributed by atoms with van der Waals surface area (Å²) in [6.07, 6.45) is 5.77. The van der Waals surface area contributed by atoms with E-state index in [4.69, 9.17) is 9.47 Å². The van der Waals surface area contributed by atoms with Gasteiger partial charge in [0.05, 0.1) is 13.2 Å². The maximum atomic E-state index is 12.1. The molecule has 1 N–H and O–H groups in total. The second kappa shape index (κ2) is 7.43. The molecule has 0 saturated heterocycles. The minimum absolute atomic E-state index is 0.103. The van der Waals surface area contributed by atoms with E-state index in [2.05, 4.69) is 0 Å². The van der Waals surface area contributed by atoms with Gasteiger partial charge in [0, 0.05) is 5.92 Å². The third-order valence-corrected chi connectivity index (χ3v) is 3.68. The van der Waals surface area contributed by atoms with Crippen LogP contribution in [0.25, 0.3) is 0 Å². The SMILES string of the molecule is CCOC(=O)C(O)(C(=O)OCC)C(C)C1=CCCCC1. The molecule has 0 aromatic heterocycles. The van der Waals surface area contributed by atoms with E-state index in [1.165, 1.54) is 0 Å². The molecule has 114 valence electrons. The predicted octanol–water partition coefficient (Wildman–Crippen LogP) is 1.98. The second-order valence-electron chi connectivity index (χ2n) is 4.95. The Balaban J connectivity index is 3.05. The smallest absolute Gasteiger partial charge is 0.350 e. The second-order valence-corrected chi connectivity index (χ2v) is 4.95. The summed E-state index contributed by atoms with van der Waals surface area (Å²) in [5.74, 6) is -2.50. The molecule has 1 unspecified atom stereocenters. The molecule has 0 bridgehead atoms. The molecule has 20 heavy (non-hydrogen) atoms. The van der Waals surface area contributed by atoms with Crippen LogP contribution in [-0.2, 0) is 19.1 Å². The first-order chi connectivity index (χ1) is 9.48. The van der Waals surface area contributed by atoms with Gasteiger partial charge in [0.1, 0.15) is 0 Å². The third kappa shape index (κ3) is 3.39. The van der Waals surface area contributed by atoms with Crippen LogP contribution in [0.2, 0.25) is 0 Å². The zero-order valence-electron chi connectivity index (χ0n) is 12.5. The van der Waals surface area contributed by atoms with Gasteiger partial charge >= 0.3 is 11.9 Å². The molecule has 5 nitrogen and oxygen atoms in total. The topological polar surface area (TPSA) is 72.8 Å². The highest BCUT2D eigenvalue weighted by molar-refractivity contribution is 6.04. The molecule has 1 rings (SSSR count). The van der Waals surface area contributed by atoms with Crippen molar-refractivity contribution in [2.45, 2.75) is 52.1 Å². The number of hydrogen-bond acceptors (Lipinski definition) is 5. The van der Waals surface area contributed by atoms with Gasteiger partial charge in [0.25, 0.3) is 5.60 Å². The average molecular weight is 284 g/mol. The number of carbonyl (C=O) groups is 2. The molecular weight excluding hydrogens is 260 g/mol. The monoisotopic (exact) mass is 284 g/mol.